The lowest BCUT2D eigenvalue weighted by Crippen LogP contribution is -1.95. The van der Waals surface area contributed by atoms with E-state index in [-0.39, 0.29) is 0 Å². The van der Waals surface area contributed by atoms with Gasteiger partial charge in [0.1, 0.15) is 0 Å². The van der Waals surface area contributed by atoms with Gasteiger partial charge < -0.3 is 9.47 Å². The minimum atomic E-state index is 0.409. The molecule has 108 valence electrons. The number of fused-ring (bicyclic) bond motifs is 1. The topological polar surface area (TPSA) is 18.5 Å². The number of hydrogen-bond acceptors (Lipinski definition) is 3. The molecule has 19 heavy (non-hydrogen) atoms. The highest BCUT2D eigenvalue weighted by Crippen LogP contribution is 2.42. The molecule has 2 heterocycles. The van der Waals surface area contributed by atoms with Gasteiger partial charge in [-0.05, 0) is 12.8 Å². The number of aryl methyl sites for hydroxylation is 1. The molecule has 2 nitrogen and oxygen atoms in total. The third-order valence-corrected chi connectivity index (χ3v) is 4.65. The fraction of sp³-hybridized carbons (Fsp3) is 0.750. The third kappa shape index (κ3) is 4.72. The summed E-state index contributed by atoms with van der Waals surface area (Å²) in [5.74, 6) is 1.02. The van der Waals surface area contributed by atoms with Gasteiger partial charge in [0.05, 0.1) is 0 Å². The molecule has 0 spiro atoms. The highest BCUT2D eigenvalue weighted by atomic mass is 32.1. The van der Waals surface area contributed by atoms with Gasteiger partial charge in [-0.25, -0.2) is 0 Å². The van der Waals surface area contributed by atoms with Gasteiger partial charge in [0.2, 0.25) is 11.9 Å². The highest BCUT2D eigenvalue weighted by molar-refractivity contribution is 7.12. The van der Waals surface area contributed by atoms with Gasteiger partial charge in [0.25, 0.3) is 0 Å². The van der Waals surface area contributed by atoms with Crippen LogP contribution in [-0.4, -0.2) is 6.79 Å². The summed E-state index contributed by atoms with van der Waals surface area (Å²) in [6, 6.07) is 0. The largest absolute Gasteiger partial charge is 0.452 e. The van der Waals surface area contributed by atoms with Crippen LogP contribution >= 0.6 is 11.3 Å². The predicted molar refractivity (Wildman–Crippen MR) is 81.4 cm³/mol. The van der Waals surface area contributed by atoms with Crippen LogP contribution in [0.5, 0.6) is 10.8 Å². The maximum atomic E-state index is 5.49. The van der Waals surface area contributed by atoms with Crippen LogP contribution in [0.1, 0.15) is 70.3 Å². The van der Waals surface area contributed by atoms with E-state index in [4.69, 9.17) is 9.47 Å². The van der Waals surface area contributed by atoms with E-state index in [9.17, 15) is 0 Å². The molecule has 0 saturated carbocycles. The number of rotatable bonds is 10. The first-order chi connectivity index (χ1) is 9.42. The molecule has 0 amide bonds. The van der Waals surface area contributed by atoms with Crippen molar-refractivity contribution < 1.29 is 9.47 Å². The summed E-state index contributed by atoms with van der Waals surface area (Å²) in [7, 11) is 0. The molecular weight excluding hydrogens is 256 g/mol. The summed E-state index contributed by atoms with van der Waals surface area (Å²) >= 11 is 1.67. The molecule has 1 aliphatic rings. The lowest BCUT2D eigenvalue weighted by atomic mass is 10.0. The van der Waals surface area contributed by atoms with Crippen LogP contribution in [0.25, 0.3) is 0 Å². The van der Waals surface area contributed by atoms with Crippen LogP contribution < -0.4 is 9.47 Å². The van der Waals surface area contributed by atoms with E-state index >= 15 is 0 Å². The first kappa shape index (κ1) is 14.7. The minimum absolute atomic E-state index is 0.409. The molecule has 0 bridgehead atoms. The van der Waals surface area contributed by atoms with Crippen molar-refractivity contribution >= 4 is 11.3 Å². The SMILES string of the molecule is CCCCCCCCCCCc1csc2c1OCO2. The lowest BCUT2D eigenvalue weighted by molar-refractivity contribution is 0.175. The van der Waals surface area contributed by atoms with Crippen LogP contribution in [0.3, 0.4) is 0 Å². The zero-order valence-electron chi connectivity index (χ0n) is 12.1. The van der Waals surface area contributed by atoms with Gasteiger partial charge in [-0.2, -0.15) is 0 Å². The Morgan fingerprint density at radius 1 is 0.947 bits per heavy atom. The highest BCUT2D eigenvalue weighted by Gasteiger charge is 2.19. The maximum Gasteiger partial charge on any atom is 0.232 e. The molecule has 0 N–H and O–H groups in total. The van der Waals surface area contributed by atoms with E-state index in [2.05, 4.69) is 12.3 Å². The van der Waals surface area contributed by atoms with Crippen molar-refractivity contribution in [3.8, 4) is 10.8 Å². The van der Waals surface area contributed by atoms with Gasteiger partial charge in [0, 0.05) is 10.9 Å². The van der Waals surface area contributed by atoms with Gasteiger partial charge in [-0.1, -0.05) is 58.3 Å². The summed E-state index contributed by atoms with van der Waals surface area (Å²) in [5.41, 5.74) is 1.35. The molecule has 1 aromatic heterocycles. The number of ether oxygens (including phenoxy) is 2. The molecule has 0 aliphatic carbocycles. The smallest absolute Gasteiger partial charge is 0.232 e. The van der Waals surface area contributed by atoms with Crippen LogP contribution in [-0.2, 0) is 6.42 Å². The summed E-state index contributed by atoms with van der Waals surface area (Å²) in [6.07, 6.45) is 13.6. The number of hydrogen-bond donors (Lipinski definition) is 0. The van der Waals surface area contributed by atoms with Gasteiger partial charge in [-0.15, -0.1) is 11.3 Å². The van der Waals surface area contributed by atoms with Crippen molar-refractivity contribution in [1.82, 2.24) is 0 Å². The summed E-state index contributed by atoms with van der Waals surface area (Å²) in [5, 5.41) is 3.17. The Balaban J connectivity index is 1.48. The monoisotopic (exact) mass is 282 g/mol. The number of unbranched alkanes of at least 4 members (excludes halogenated alkanes) is 8. The Morgan fingerprint density at radius 3 is 2.37 bits per heavy atom. The second kappa shape index (κ2) is 8.47. The van der Waals surface area contributed by atoms with E-state index in [1.807, 2.05) is 0 Å². The fourth-order valence-electron chi connectivity index (χ4n) is 2.55. The Bertz CT molecular complexity index is 360. The van der Waals surface area contributed by atoms with Crippen molar-refractivity contribution in [2.45, 2.75) is 71.1 Å². The van der Waals surface area contributed by atoms with E-state index < -0.39 is 0 Å². The van der Waals surface area contributed by atoms with E-state index in [0.717, 1.165) is 17.2 Å². The molecule has 0 saturated heterocycles. The van der Waals surface area contributed by atoms with Gasteiger partial charge in [0.15, 0.2) is 5.75 Å². The van der Waals surface area contributed by atoms with Gasteiger partial charge >= 0.3 is 0 Å². The Kier molecular flexibility index (Phi) is 6.55. The molecule has 0 radical (unpaired) electrons. The molecule has 0 unspecified atom stereocenters. The van der Waals surface area contributed by atoms with Crippen LogP contribution in [0.2, 0.25) is 0 Å². The lowest BCUT2D eigenvalue weighted by Gasteiger charge is -2.02. The van der Waals surface area contributed by atoms with E-state index in [1.54, 1.807) is 11.3 Å². The summed E-state index contributed by atoms with van der Waals surface area (Å²) < 4.78 is 10.9. The molecule has 1 aromatic rings. The standard InChI is InChI=1S/C16H26O2S/c1-2-3-4-5-6-7-8-9-10-11-14-12-19-16-15(14)17-13-18-16/h12H,2-11,13H2,1H3. The first-order valence-corrected chi connectivity index (χ1v) is 8.65. The Labute approximate surface area is 121 Å². The van der Waals surface area contributed by atoms with Crippen molar-refractivity contribution in [3.05, 3.63) is 10.9 Å². The Morgan fingerprint density at radius 2 is 1.63 bits per heavy atom. The van der Waals surface area contributed by atoms with Crippen LogP contribution in [0, 0.1) is 0 Å². The molecule has 3 heteroatoms. The van der Waals surface area contributed by atoms with Crippen molar-refractivity contribution in [1.29, 1.82) is 0 Å². The van der Waals surface area contributed by atoms with E-state index in [0.29, 0.717) is 6.79 Å². The average molecular weight is 282 g/mol. The summed E-state index contributed by atoms with van der Waals surface area (Å²) in [6.45, 7) is 2.68. The molecule has 1 aliphatic heterocycles. The second-order valence-electron chi connectivity index (χ2n) is 5.36. The van der Waals surface area contributed by atoms with Crippen molar-refractivity contribution in [3.63, 3.8) is 0 Å². The van der Waals surface area contributed by atoms with Gasteiger partial charge in [-0.3, -0.25) is 0 Å². The molecular formula is C16H26O2S. The average Bonchev–Trinajstić information content (AvgIpc) is 3.01. The molecule has 0 atom stereocenters. The van der Waals surface area contributed by atoms with Crippen LogP contribution in [0.15, 0.2) is 5.38 Å². The van der Waals surface area contributed by atoms with Crippen LogP contribution in [0.4, 0.5) is 0 Å². The normalized spacial score (nSPS) is 13.1. The third-order valence-electron chi connectivity index (χ3n) is 3.73. The maximum absolute atomic E-state index is 5.49. The van der Waals surface area contributed by atoms with Crippen molar-refractivity contribution in [2.75, 3.05) is 6.79 Å². The van der Waals surface area contributed by atoms with Crippen molar-refractivity contribution in [2.24, 2.45) is 0 Å². The molecule has 2 rings (SSSR count). The predicted octanol–water partition coefficient (Wildman–Crippen LogP) is 5.55. The zero-order chi connectivity index (χ0) is 13.3. The second-order valence-corrected chi connectivity index (χ2v) is 6.20. The zero-order valence-corrected chi connectivity index (χ0v) is 12.9. The quantitative estimate of drug-likeness (QED) is 0.524. The fourth-order valence-corrected chi connectivity index (χ4v) is 3.44. The Hall–Kier alpha value is -0.700. The first-order valence-electron chi connectivity index (χ1n) is 7.77. The number of thiophene rings is 1. The molecule has 0 fully saturated rings. The minimum Gasteiger partial charge on any atom is -0.452 e. The molecule has 0 aromatic carbocycles. The van der Waals surface area contributed by atoms with E-state index in [1.165, 1.54) is 63.4 Å². The summed E-state index contributed by atoms with van der Waals surface area (Å²) in [4.78, 5) is 0.